The zero-order valence-corrected chi connectivity index (χ0v) is 12.1. The number of sulfonamides is 1. The average molecular weight is 289 g/mol. The quantitative estimate of drug-likeness (QED) is 0.867. The van der Waals surface area contributed by atoms with Crippen molar-refractivity contribution in [3.8, 4) is 0 Å². The molecule has 1 fully saturated rings. The highest BCUT2D eigenvalue weighted by atomic mass is 32.2. The van der Waals surface area contributed by atoms with Gasteiger partial charge in [-0.2, -0.15) is 0 Å². The normalized spacial score (nSPS) is 19.2. The molecule has 0 radical (unpaired) electrons. The fraction of sp³-hybridized carbons (Fsp3) is 0.727. The predicted octanol–water partition coefficient (Wildman–Crippen LogP) is 0.699. The van der Waals surface area contributed by atoms with Crippen molar-refractivity contribution in [1.82, 2.24) is 14.6 Å². The van der Waals surface area contributed by atoms with E-state index in [9.17, 15) is 8.42 Å². The molecule has 102 valence electrons. The highest BCUT2D eigenvalue weighted by molar-refractivity contribution is 7.88. The first-order chi connectivity index (χ1) is 8.55. The largest absolute Gasteiger partial charge is 0.313 e. The van der Waals surface area contributed by atoms with Crippen LogP contribution in [0.2, 0.25) is 0 Å². The lowest BCUT2D eigenvalue weighted by Crippen LogP contribution is -2.44. The molecule has 0 atom stereocenters. The van der Waals surface area contributed by atoms with Crippen LogP contribution in [-0.2, 0) is 16.4 Å². The number of piperidine rings is 1. The second kappa shape index (κ2) is 6.10. The van der Waals surface area contributed by atoms with E-state index < -0.39 is 10.0 Å². The maximum atomic E-state index is 11.4. The van der Waals surface area contributed by atoms with Crippen LogP contribution in [0.4, 0.5) is 0 Å². The summed E-state index contributed by atoms with van der Waals surface area (Å²) in [6.07, 6.45) is 5.84. The Labute approximate surface area is 112 Å². The van der Waals surface area contributed by atoms with E-state index in [2.05, 4.69) is 10.3 Å². The first kappa shape index (κ1) is 13.9. The monoisotopic (exact) mass is 289 g/mol. The van der Waals surface area contributed by atoms with Gasteiger partial charge in [-0.15, -0.1) is 11.3 Å². The Morgan fingerprint density at radius 2 is 2.22 bits per heavy atom. The SMILES string of the molecule is CS(=O)(=O)N1CCC(NCCc2nccs2)CC1. The summed E-state index contributed by atoms with van der Waals surface area (Å²) in [7, 11) is -3.01. The summed E-state index contributed by atoms with van der Waals surface area (Å²) < 4.78 is 24.3. The lowest BCUT2D eigenvalue weighted by molar-refractivity contribution is 0.292. The van der Waals surface area contributed by atoms with E-state index in [-0.39, 0.29) is 0 Å². The third-order valence-electron chi connectivity index (χ3n) is 3.18. The van der Waals surface area contributed by atoms with Crippen LogP contribution >= 0.6 is 11.3 Å². The van der Waals surface area contributed by atoms with Crippen molar-refractivity contribution < 1.29 is 8.42 Å². The summed E-state index contributed by atoms with van der Waals surface area (Å²) in [4.78, 5) is 4.23. The van der Waals surface area contributed by atoms with Crippen molar-refractivity contribution in [2.24, 2.45) is 0 Å². The molecule has 0 unspecified atom stereocenters. The Bertz CT molecular complexity index is 451. The van der Waals surface area contributed by atoms with Crippen LogP contribution in [0.1, 0.15) is 17.8 Å². The van der Waals surface area contributed by atoms with Gasteiger partial charge in [0.05, 0.1) is 11.3 Å². The predicted molar refractivity (Wildman–Crippen MR) is 73.3 cm³/mol. The standard InChI is InChI=1S/C11H19N3O2S2/c1-18(15,16)14-7-3-10(4-8-14)12-5-2-11-13-6-9-17-11/h6,9-10,12H,2-5,7-8H2,1H3. The summed E-state index contributed by atoms with van der Waals surface area (Å²) in [5.41, 5.74) is 0. The van der Waals surface area contributed by atoms with Gasteiger partial charge in [0.1, 0.15) is 0 Å². The third kappa shape index (κ3) is 4.01. The molecule has 1 N–H and O–H groups in total. The summed E-state index contributed by atoms with van der Waals surface area (Å²) in [6, 6.07) is 0.433. The van der Waals surface area contributed by atoms with Gasteiger partial charge >= 0.3 is 0 Å². The van der Waals surface area contributed by atoms with Crippen LogP contribution in [0.3, 0.4) is 0 Å². The number of aromatic nitrogens is 1. The number of nitrogens with one attached hydrogen (secondary N) is 1. The van der Waals surface area contributed by atoms with E-state index >= 15 is 0 Å². The molecular weight excluding hydrogens is 270 g/mol. The molecule has 0 aromatic carbocycles. The van der Waals surface area contributed by atoms with E-state index in [0.717, 1.165) is 30.8 Å². The topological polar surface area (TPSA) is 62.3 Å². The maximum absolute atomic E-state index is 11.4. The van der Waals surface area contributed by atoms with Crippen molar-refractivity contribution in [2.75, 3.05) is 25.9 Å². The van der Waals surface area contributed by atoms with Gasteiger partial charge in [-0.3, -0.25) is 0 Å². The number of thiazole rings is 1. The lowest BCUT2D eigenvalue weighted by atomic mass is 10.1. The third-order valence-corrected chi connectivity index (χ3v) is 5.32. The van der Waals surface area contributed by atoms with Crippen LogP contribution in [-0.4, -0.2) is 49.6 Å². The van der Waals surface area contributed by atoms with E-state index in [0.29, 0.717) is 19.1 Å². The van der Waals surface area contributed by atoms with Crippen molar-refractivity contribution >= 4 is 21.4 Å². The summed E-state index contributed by atoms with van der Waals surface area (Å²) in [6.45, 7) is 2.18. The molecular formula is C11H19N3O2S2. The average Bonchev–Trinajstić information content (AvgIpc) is 2.82. The van der Waals surface area contributed by atoms with Crippen molar-refractivity contribution in [2.45, 2.75) is 25.3 Å². The summed E-state index contributed by atoms with van der Waals surface area (Å²) in [5, 5.41) is 6.61. The number of nitrogens with zero attached hydrogens (tertiary/aromatic N) is 2. The molecule has 1 aliphatic rings. The van der Waals surface area contributed by atoms with Gasteiger partial charge in [0.2, 0.25) is 10.0 Å². The van der Waals surface area contributed by atoms with Crippen LogP contribution < -0.4 is 5.32 Å². The fourth-order valence-electron chi connectivity index (χ4n) is 2.15. The Hall–Kier alpha value is -0.500. The highest BCUT2D eigenvalue weighted by Crippen LogP contribution is 2.13. The molecule has 18 heavy (non-hydrogen) atoms. The Balaban J connectivity index is 1.68. The first-order valence-electron chi connectivity index (χ1n) is 6.12. The van der Waals surface area contributed by atoms with Gasteiger partial charge in [0.25, 0.3) is 0 Å². The fourth-order valence-corrected chi connectivity index (χ4v) is 3.65. The summed E-state index contributed by atoms with van der Waals surface area (Å²) in [5.74, 6) is 0. The Morgan fingerprint density at radius 1 is 1.50 bits per heavy atom. The second-order valence-corrected chi connectivity index (χ2v) is 7.53. The van der Waals surface area contributed by atoms with Gasteiger partial charge in [-0.05, 0) is 12.8 Å². The van der Waals surface area contributed by atoms with E-state index in [1.807, 2.05) is 11.6 Å². The molecule has 0 saturated carbocycles. The number of rotatable bonds is 5. The molecule has 1 aromatic heterocycles. The van der Waals surface area contributed by atoms with Gasteiger partial charge in [-0.25, -0.2) is 17.7 Å². The highest BCUT2D eigenvalue weighted by Gasteiger charge is 2.24. The number of hydrogen-bond acceptors (Lipinski definition) is 5. The lowest BCUT2D eigenvalue weighted by Gasteiger charge is -2.30. The molecule has 0 spiro atoms. The molecule has 2 heterocycles. The van der Waals surface area contributed by atoms with Gasteiger partial charge in [-0.1, -0.05) is 0 Å². The molecule has 5 nitrogen and oxygen atoms in total. The zero-order valence-electron chi connectivity index (χ0n) is 10.5. The van der Waals surface area contributed by atoms with Crippen LogP contribution in [0.15, 0.2) is 11.6 Å². The molecule has 1 aromatic rings. The minimum Gasteiger partial charge on any atom is -0.313 e. The Morgan fingerprint density at radius 3 is 2.78 bits per heavy atom. The van der Waals surface area contributed by atoms with E-state index in [4.69, 9.17) is 0 Å². The van der Waals surface area contributed by atoms with Gasteiger partial charge in [0.15, 0.2) is 0 Å². The first-order valence-corrected chi connectivity index (χ1v) is 8.85. The van der Waals surface area contributed by atoms with E-state index in [1.54, 1.807) is 15.6 Å². The molecule has 0 aliphatic carbocycles. The van der Waals surface area contributed by atoms with E-state index in [1.165, 1.54) is 6.26 Å². The van der Waals surface area contributed by atoms with Crippen LogP contribution in [0, 0.1) is 0 Å². The molecule has 2 rings (SSSR count). The second-order valence-electron chi connectivity index (χ2n) is 4.57. The minimum absolute atomic E-state index is 0.433. The molecule has 1 saturated heterocycles. The Kier molecular flexibility index (Phi) is 4.71. The summed E-state index contributed by atoms with van der Waals surface area (Å²) >= 11 is 1.67. The maximum Gasteiger partial charge on any atom is 0.211 e. The van der Waals surface area contributed by atoms with Gasteiger partial charge in [0, 0.05) is 43.7 Å². The minimum atomic E-state index is -3.01. The number of hydrogen-bond donors (Lipinski definition) is 1. The molecule has 1 aliphatic heterocycles. The molecule has 0 amide bonds. The van der Waals surface area contributed by atoms with Crippen molar-refractivity contribution in [3.63, 3.8) is 0 Å². The molecule has 0 bridgehead atoms. The van der Waals surface area contributed by atoms with Gasteiger partial charge < -0.3 is 5.32 Å². The van der Waals surface area contributed by atoms with Crippen LogP contribution in [0.25, 0.3) is 0 Å². The molecule has 7 heteroatoms. The zero-order chi connectivity index (χ0) is 13.0. The van der Waals surface area contributed by atoms with Crippen LogP contribution in [0.5, 0.6) is 0 Å². The van der Waals surface area contributed by atoms with Crippen molar-refractivity contribution in [1.29, 1.82) is 0 Å². The smallest absolute Gasteiger partial charge is 0.211 e. The van der Waals surface area contributed by atoms with Crippen molar-refractivity contribution in [3.05, 3.63) is 16.6 Å².